The zero-order chi connectivity index (χ0) is 18.6. The van der Waals surface area contributed by atoms with Crippen molar-refractivity contribution < 1.29 is 19.0 Å². The van der Waals surface area contributed by atoms with Crippen LogP contribution in [-0.4, -0.2) is 29.6 Å². The fraction of sp³-hybridized carbons (Fsp3) is 1.00. The van der Waals surface area contributed by atoms with Gasteiger partial charge in [0.1, 0.15) is 0 Å². The highest BCUT2D eigenvalue weighted by Gasteiger charge is 2.06. The second-order valence-corrected chi connectivity index (χ2v) is 9.55. The summed E-state index contributed by atoms with van der Waals surface area (Å²) in [5.41, 5.74) is 0. The van der Waals surface area contributed by atoms with Crippen molar-refractivity contribution in [1.82, 2.24) is 0 Å². The van der Waals surface area contributed by atoms with E-state index in [1.165, 1.54) is 83.5 Å². The minimum Gasteiger partial charge on any atom is -0.381 e. The minimum absolute atomic E-state index is 0.253. The van der Waals surface area contributed by atoms with E-state index in [1.807, 2.05) is 0 Å². The summed E-state index contributed by atoms with van der Waals surface area (Å²) < 4.78 is 10.2. The van der Waals surface area contributed by atoms with E-state index >= 15 is 0 Å². The Morgan fingerprint density at radius 3 is 1.44 bits per heavy atom. The molecule has 0 aliphatic rings. The fourth-order valence-electron chi connectivity index (χ4n) is 2.85. The van der Waals surface area contributed by atoms with Gasteiger partial charge in [0, 0.05) is 13.2 Å². The van der Waals surface area contributed by atoms with Crippen LogP contribution in [0.2, 0.25) is 0 Å². The monoisotopic (exact) mass is 396 g/mol. The van der Waals surface area contributed by atoms with E-state index in [0.29, 0.717) is 13.0 Å². The standard InChI is InChI=1S/C19H41O4PS/c1-2-3-4-5-6-7-8-9-10-11-12-13-14-15-17-22-18-16-19-23-24(20,21)25/h2-19H2,1H3,(H2,20,21,25). The van der Waals surface area contributed by atoms with Crippen LogP contribution >= 0.6 is 6.72 Å². The number of hydrogen-bond acceptors (Lipinski definition) is 3. The Morgan fingerprint density at radius 2 is 1.00 bits per heavy atom. The highest BCUT2D eigenvalue weighted by molar-refractivity contribution is 8.06. The first-order valence-electron chi connectivity index (χ1n) is 10.3. The summed E-state index contributed by atoms with van der Waals surface area (Å²) in [7, 11) is 0. The van der Waals surface area contributed by atoms with Crippen LogP contribution in [0.3, 0.4) is 0 Å². The molecule has 2 N–H and O–H groups in total. The Balaban J connectivity index is 3.02. The van der Waals surface area contributed by atoms with Gasteiger partial charge in [-0.1, -0.05) is 90.4 Å². The second-order valence-electron chi connectivity index (χ2n) is 6.89. The number of rotatable bonds is 20. The third-order valence-electron chi connectivity index (χ3n) is 4.33. The van der Waals surface area contributed by atoms with E-state index in [-0.39, 0.29) is 6.61 Å². The maximum absolute atomic E-state index is 8.88. The first-order valence-corrected chi connectivity index (χ1v) is 13.0. The predicted octanol–water partition coefficient (Wildman–Crippen LogP) is 6.10. The Morgan fingerprint density at radius 1 is 0.600 bits per heavy atom. The van der Waals surface area contributed by atoms with Crippen molar-refractivity contribution in [3.63, 3.8) is 0 Å². The zero-order valence-electron chi connectivity index (χ0n) is 16.3. The molecule has 0 aromatic heterocycles. The van der Waals surface area contributed by atoms with Crippen molar-refractivity contribution in [1.29, 1.82) is 0 Å². The number of ether oxygens (including phenoxy) is 1. The van der Waals surface area contributed by atoms with Crippen LogP contribution in [-0.2, 0) is 21.1 Å². The molecule has 0 heterocycles. The normalized spacial score (nSPS) is 12.0. The molecule has 0 spiro atoms. The van der Waals surface area contributed by atoms with Gasteiger partial charge < -0.3 is 19.0 Å². The van der Waals surface area contributed by atoms with Crippen molar-refractivity contribution in [2.75, 3.05) is 19.8 Å². The van der Waals surface area contributed by atoms with Gasteiger partial charge in [0.05, 0.1) is 6.61 Å². The zero-order valence-corrected chi connectivity index (χ0v) is 18.0. The molecule has 0 saturated heterocycles. The van der Waals surface area contributed by atoms with Gasteiger partial charge in [-0.15, -0.1) is 0 Å². The van der Waals surface area contributed by atoms with Crippen LogP contribution in [0.1, 0.15) is 103 Å². The third kappa shape index (κ3) is 24.5. The van der Waals surface area contributed by atoms with E-state index in [1.54, 1.807) is 0 Å². The van der Waals surface area contributed by atoms with Crippen molar-refractivity contribution >= 4 is 18.5 Å². The van der Waals surface area contributed by atoms with Crippen LogP contribution in [0.4, 0.5) is 0 Å². The smallest absolute Gasteiger partial charge is 0.321 e. The van der Waals surface area contributed by atoms with Crippen molar-refractivity contribution in [2.45, 2.75) is 103 Å². The summed E-state index contributed by atoms with van der Waals surface area (Å²) in [5.74, 6) is 0. The molecule has 6 heteroatoms. The Bertz CT molecular complexity index is 310. The lowest BCUT2D eigenvalue weighted by atomic mass is 10.0. The average Bonchev–Trinajstić information content (AvgIpc) is 2.56. The Hall–Kier alpha value is 0.490. The number of unbranched alkanes of at least 4 members (excludes halogenated alkanes) is 13. The summed E-state index contributed by atoms with van der Waals surface area (Å²) in [4.78, 5) is 17.8. The van der Waals surface area contributed by atoms with Crippen molar-refractivity contribution in [2.24, 2.45) is 0 Å². The summed E-state index contributed by atoms with van der Waals surface area (Å²) in [5, 5.41) is 0. The van der Waals surface area contributed by atoms with E-state index in [0.717, 1.165) is 13.0 Å². The quantitative estimate of drug-likeness (QED) is 0.192. The lowest BCUT2D eigenvalue weighted by Crippen LogP contribution is -2.01. The minimum atomic E-state index is -3.48. The molecule has 0 rings (SSSR count). The van der Waals surface area contributed by atoms with E-state index in [4.69, 9.17) is 19.0 Å². The van der Waals surface area contributed by atoms with E-state index < -0.39 is 6.72 Å². The first kappa shape index (κ1) is 25.5. The predicted molar refractivity (Wildman–Crippen MR) is 110 cm³/mol. The summed E-state index contributed by atoms with van der Waals surface area (Å²) in [6.45, 7) is 0.418. The van der Waals surface area contributed by atoms with E-state index in [9.17, 15) is 0 Å². The maximum atomic E-state index is 8.88. The summed E-state index contributed by atoms with van der Waals surface area (Å²) in [6.07, 6.45) is 19.7. The molecule has 0 aliphatic carbocycles. The Kier molecular flexibility index (Phi) is 19.6. The molecular weight excluding hydrogens is 355 g/mol. The fourth-order valence-corrected chi connectivity index (χ4v) is 3.44. The maximum Gasteiger partial charge on any atom is 0.321 e. The molecule has 0 aromatic rings. The van der Waals surface area contributed by atoms with Crippen LogP contribution in [0, 0.1) is 0 Å². The molecule has 0 aliphatic heterocycles. The van der Waals surface area contributed by atoms with Gasteiger partial charge in [0.2, 0.25) is 0 Å². The van der Waals surface area contributed by atoms with Gasteiger partial charge in [0.15, 0.2) is 0 Å². The van der Waals surface area contributed by atoms with Crippen LogP contribution in [0.15, 0.2) is 0 Å². The lowest BCUT2D eigenvalue weighted by Gasteiger charge is -2.08. The molecule has 0 unspecified atom stereocenters. The Labute approximate surface area is 161 Å². The SMILES string of the molecule is CCCCCCCCCCCCCCCCOCCCOP(O)(O)=S. The average molecular weight is 397 g/mol. The van der Waals surface area contributed by atoms with Gasteiger partial charge in [-0.25, -0.2) is 0 Å². The molecular formula is C19H41O4PS. The third-order valence-corrected chi connectivity index (χ3v) is 5.17. The largest absolute Gasteiger partial charge is 0.381 e. The summed E-state index contributed by atoms with van der Waals surface area (Å²) >= 11 is 4.36. The molecule has 4 nitrogen and oxygen atoms in total. The van der Waals surface area contributed by atoms with Gasteiger partial charge in [-0.2, -0.15) is 0 Å². The lowest BCUT2D eigenvalue weighted by molar-refractivity contribution is 0.113. The van der Waals surface area contributed by atoms with Gasteiger partial charge in [-0.3, -0.25) is 0 Å². The van der Waals surface area contributed by atoms with Gasteiger partial charge in [0.25, 0.3) is 0 Å². The molecule has 0 atom stereocenters. The molecule has 0 fully saturated rings. The topological polar surface area (TPSA) is 58.9 Å². The van der Waals surface area contributed by atoms with Gasteiger partial charge in [-0.05, 0) is 24.6 Å². The highest BCUT2D eigenvalue weighted by Crippen LogP contribution is 2.36. The molecule has 25 heavy (non-hydrogen) atoms. The van der Waals surface area contributed by atoms with Crippen LogP contribution in [0.25, 0.3) is 0 Å². The molecule has 0 saturated carbocycles. The summed E-state index contributed by atoms with van der Waals surface area (Å²) in [6, 6.07) is 0. The van der Waals surface area contributed by atoms with Crippen LogP contribution < -0.4 is 0 Å². The molecule has 152 valence electrons. The highest BCUT2D eigenvalue weighted by atomic mass is 32.5. The van der Waals surface area contributed by atoms with Gasteiger partial charge >= 0.3 is 6.72 Å². The van der Waals surface area contributed by atoms with Crippen molar-refractivity contribution in [3.05, 3.63) is 0 Å². The van der Waals surface area contributed by atoms with Crippen molar-refractivity contribution in [3.8, 4) is 0 Å². The molecule has 0 aromatic carbocycles. The van der Waals surface area contributed by atoms with Crippen LogP contribution in [0.5, 0.6) is 0 Å². The number of hydrogen-bond donors (Lipinski definition) is 2. The molecule has 0 bridgehead atoms. The molecule has 0 radical (unpaired) electrons. The second kappa shape index (κ2) is 19.3. The first-order chi connectivity index (χ1) is 12.1. The van der Waals surface area contributed by atoms with E-state index in [2.05, 4.69) is 18.7 Å². The molecule has 0 amide bonds.